The molecule has 0 atom stereocenters. The summed E-state index contributed by atoms with van der Waals surface area (Å²) in [6.45, 7) is 0. The summed E-state index contributed by atoms with van der Waals surface area (Å²) in [7, 11) is 0. The molecule has 1 aromatic carbocycles. The van der Waals surface area contributed by atoms with Gasteiger partial charge in [-0.15, -0.1) is 0 Å². The van der Waals surface area contributed by atoms with E-state index in [0.29, 0.717) is 21.8 Å². The van der Waals surface area contributed by atoms with E-state index in [4.69, 9.17) is 16.9 Å². The molecule has 1 aromatic heterocycles. The van der Waals surface area contributed by atoms with E-state index in [1.807, 2.05) is 0 Å². The van der Waals surface area contributed by atoms with Gasteiger partial charge in [-0.25, -0.2) is 4.98 Å². The van der Waals surface area contributed by atoms with E-state index in [2.05, 4.69) is 9.97 Å². The van der Waals surface area contributed by atoms with Crippen LogP contribution in [0.5, 0.6) is 0 Å². The summed E-state index contributed by atoms with van der Waals surface area (Å²) >= 11 is 5.82. The average molecular weight is 258 g/mol. The van der Waals surface area contributed by atoms with Gasteiger partial charge in [0, 0.05) is 16.1 Å². The van der Waals surface area contributed by atoms with Gasteiger partial charge < -0.3 is 4.98 Å². The maximum atomic E-state index is 12.1. The van der Waals surface area contributed by atoms with E-state index in [-0.39, 0.29) is 17.2 Å². The summed E-state index contributed by atoms with van der Waals surface area (Å²) in [5.41, 5.74) is 0.469. The minimum Gasteiger partial charge on any atom is -0.317 e. The molecule has 0 saturated heterocycles. The quantitative estimate of drug-likeness (QED) is 0.661. The number of nitriles is 1. The van der Waals surface area contributed by atoms with Gasteiger partial charge in [0.15, 0.2) is 0 Å². The number of fused-ring (bicyclic) bond motifs is 3. The molecule has 18 heavy (non-hydrogen) atoms. The molecular weight excluding hydrogens is 254 g/mol. The molecule has 0 saturated carbocycles. The number of carbonyl (C=O) groups excluding carboxylic acids is 1. The second-order valence-corrected chi connectivity index (χ2v) is 4.21. The van der Waals surface area contributed by atoms with Gasteiger partial charge in [-0.05, 0) is 12.1 Å². The molecule has 3 rings (SSSR count). The van der Waals surface area contributed by atoms with Crippen LogP contribution in [0.1, 0.15) is 21.7 Å². The molecule has 0 amide bonds. The second kappa shape index (κ2) is 3.52. The first-order valence-corrected chi connectivity index (χ1v) is 5.38. The van der Waals surface area contributed by atoms with E-state index in [1.165, 1.54) is 6.07 Å². The number of rotatable bonds is 0. The van der Waals surface area contributed by atoms with Gasteiger partial charge >= 0.3 is 0 Å². The van der Waals surface area contributed by atoms with Gasteiger partial charge in [0.1, 0.15) is 11.8 Å². The van der Waals surface area contributed by atoms with Crippen LogP contribution in [0.15, 0.2) is 23.0 Å². The standard InChI is InChI=1S/C12H4ClN3O2/c13-5-1-2-6-7(3-5)11(17)10-9(6)16-12(18)8(4-14)15-10/h1-3H,(H,16,18). The monoisotopic (exact) mass is 257 g/mol. The zero-order valence-electron chi connectivity index (χ0n) is 8.82. The van der Waals surface area contributed by atoms with Gasteiger partial charge in [-0.3, -0.25) is 9.59 Å². The molecule has 0 fully saturated rings. The Bertz CT molecular complexity index is 802. The van der Waals surface area contributed by atoms with Crippen LogP contribution in [0.2, 0.25) is 5.02 Å². The Balaban J connectivity index is 2.38. The van der Waals surface area contributed by atoms with Gasteiger partial charge in [-0.2, -0.15) is 5.26 Å². The largest absolute Gasteiger partial charge is 0.317 e. The van der Waals surface area contributed by atoms with Crippen molar-refractivity contribution in [1.82, 2.24) is 9.97 Å². The molecule has 1 aliphatic carbocycles. The van der Waals surface area contributed by atoms with Crippen LogP contribution in [0.25, 0.3) is 11.3 Å². The van der Waals surface area contributed by atoms with Crippen LogP contribution in [-0.4, -0.2) is 15.8 Å². The van der Waals surface area contributed by atoms with Crippen molar-refractivity contribution in [2.75, 3.05) is 0 Å². The molecule has 1 aliphatic rings. The van der Waals surface area contributed by atoms with Crippen LogP contribution in [0, 0.1) is 11.3 Å². The topological polar surface area (TPSA) is 86.6 Å². The van der Waals surface area contributed by atoms with E-state index < -0.39 is 5.56 Å². The third kappa shape index (κ3) is 1.30. The molecule has 0 radical (unpaired) electrons. The van der Waals surface area contributed by atoms with Crippen LogP contribution >= 0.6 is 11.6 Å². The van der Waals surface area contributed by atoms with Crippen molar-refractivity contribution in [3.8, 4) is 17.3 Å². The number of halogens is 1. The number of ketones is 1. The predicted molar refractivity (Wildman–Crippen MR) is 63.5 cm³/mol. The molecule has 0 unspecified atom stereocenters. The zero-order valence-corrected chi connectivity index (χ0v) is 9.58. The van der Waals surface area contributed by atoms with Crippen molar-refractivity contribution >= 4 is 17.4 Å². The third-order valence-electron chi connectivity index (χ3n) is 2.73. The van der Waals surface area contributed by atoms with E-state index >= 15 is 0 Å². The number of nitrogens with zero attached hydrogens (tertiary/aromatic N) is 2. The lowest BCUT2D eigenvalue weighted by Gasteiger charge is -1.98. The molecule has 0 aliphatic heterocycles. The molecule has 2 aromatic rings. The minimum atomic E-state index is -0.605. The molecule has 6 heteroatoms. The normalized spacial score (nSPS) is 11.9. The molecule has 86 valence electrons. The summed E-state index contributed by atoms with van der Waals surface area (Å²) in [5, 5.41) is 9.16. The summed E-state index contributed by atoms with van der Waals surface area (Å²) in [4.78, 5) is 29.9. The van der Waals surface area contributed by atoms with E-state index in [0.717, 1.165) is 0 Å². The molecule has 1 N–H and O–H groups in total. The lowest BCUT2D eigenvalue weighted by molar-refractivity contribution is 0.103. The Morgan fingerprint density at radius 3 is 2.78 bits per heavy atom. The van der Waals surface area contributed by atoms with Crippen molar-refractivity contribution in [2.45, 2.75) is 0 Å². The Hall–Kier alpha value is -2.45. The number of nitrogens with one attached hydrogen (secondary N) is 1. The first-order chi connectivity index (χ1) is 8.61. The third-order valence-corrected chi connectivity index (χ3v) is 2.97. The fourth-order valence-electron chi connectivity index (χ4n) is 1.94. The van der Waals surface area contributed by atoms with Crippen LogP contribution in [-0.2, 0) is 0 Å². The fourth-order valence-corrected chi connectivity index (χ4v) is 2.11. The number of carbonyl (C=O) groups is 1. The summed E-state index contributed by atoms with van der Waals surface area (Å²) in [6.07, 6.45) is 0. The van der Waals surface area contributed by atoms with Crippen LogP contribution in [0.4, 0.5) is 0 Å². The average Bonchev–Trinajstić information content (AvgIpc) is 2.61. The maximum absolute atomic E-state index is 12.1. The molecule has 0 spiro atoms. The highest BCUT2D eigenvalue weighted by Gasteiger charge is 2.30. The maximum Gasteiger partial charge on any atom is 0.285 e. The Kier molecular flexibility index (Phi) is 2.09. The van der Waals surface area contributed by atoms with Crippen molar-refractivity contribution in [1.29, 1.82) is 5.26 Å². The first kappa shape index (κ1) is 10.7. The lowest BCUT2D eigenvalue weighted by atomic mass is 10.1. The summed E-state index contributed by atoms with van der Waals surface area (Å²) in [6, 6.07) is 6.44. The Labute approximate surface area is 106 Å². The number of H-pyrrole nitrogens is 1. The molecular formula is C12H4ClN3O2. The van der Waals surface area contributed by atoms with Crippen molar-refractivity contribution in [3.05, 3.63) is 50.5 Å². The van der Waals surface area contributed by atoms with Gasteiger partial charge in [0.05, 0.1) is 5.69 Å². The van der Waals surface area contributed by atoms with E-state index in [1.54, 1.807) is 18.2 Å². The van der Waals surface area contributed by atoms with Crippen molar-refractivity contribution in [2.24, 2.45) is 0 Å². The zero-order chi connectivity index (χ0) is 12.9. The highest BCUT2D eigenvalue weighted by Crippen LogP contribution is 2.34. The van der Waals surface area contributed by atoms with E-state index in [9.17, 15) is 9.59 Å². The molecule has 5 nitrogen and oxygen atoms in total. The predicted octanol–water partition coefficient (Wildman–Crippen LogP) is 1.51. The van der Waals surface area contributed by atoms with Crippen molar-refractivity contribution in [3.63, 3.8) is 0 Å². The number of hydrogen-bond donors (Lipinski definition) is 1. The van der Waals surface area contributed by atoms with Crippen molar-refractivity contribution < 1.29 is 4.79 Å². The van der Waals surface area contributed by atoms with Crippen LogP contribution in [0.3, 0.4) is 0 Å². The van der Waals surface area contributed by atoms with Gasteiger partial charge in [0.25, 0.3) is 5.56 Å². The highest BCUT2D eigenvalue weighted by molar-refractivity contribution is 6.32. The number of benzene rings is 1. The lowest BCUT2D eigenvalue weighted by Crippen LogP contribution is -2.15. The number of aromatic amines is 1. The van der Waals surface area contributed by atoms with Gasteiger partial charge in [0.2, 0.25) is 11.5 Å². The number of aromatic nitrogens is 2. The van der Waals surface area contributed by atoms with Crippen LogP contribution < -0.4 is 5.56 Å². The highest BCUT2D eigenvalue weighted by atomic mass is 35.5. The molecule has 0 bridgehead atoms. The van der Waals surface area contributed by atoms with Gasteiger partial charge in [-0.1, -0.05) is 17.7 Å². The summed E-state index contributed by atoms with van der Waals surface area (Å²) in [5.74, 6) is -0.338. The Morgan fingerprint density at radius 1 is 1.28 bits per heavy atom. The smallest absolute Gasteiger partial charge is 0.285 e. The first-order valence-electron chi connectivity index (χ1n) is 5.01. The number of hydrogen-bond acceptors (Lipinski definition) is 4. The fraction of sp³-hybridized carbons (Fsp3) is 0. The SMILES string of the molecule is N#Cc1nc2c([nH]c1=O)-c1ccc(Cl)cc1C2=O. The molecule has 1 heterocycles. The summed E-state index contributed by atoms with van der Waals surface area (Å²) < 4.78 is 0. The Morgan fingerprint density at radius 2 is 2.06 bits per heavy atom. The minimum absolute atomic E-state index is 0.0865. The second-order valence-electron chi connectivity index (χ2n) is 3.77.